The second-order valence-corrected chi connectivity index (χ2v) is 6.13. The normalized spacial score (nSPS) is 11.3. The number of nitrogens with one attached hydrogen (secondary N) is 2. The van der Waals surface area contributed by atoms with Gasteiger partial charge in [0.2, 0.25) is 0 Å². The summed E-state index contributed by atoms with van der Waals surface area (Å²) in [4.78, 5) is 16.6. The van der Waals surface area contributed by atoms with Gasteiger partial charge in [-0.15, -0.1) is 0 Å². The lowest BCUT2D eigenvalue weighted by Crippen LogP contribution is -2.13. The van der Waals surface area contributed by atoms with Crippen molar-refractivity contribution in [3.8, 4) is 0 Å². The first kappa shape index (κ1) is 15.3. The van der Waals surface area contributed by atoms with Gasteiger partial charge in [-0.3, -0.25) is 14.8 Å². The molecule has 0 amide bonds. The molecule has 0 saturated carbocycles. The van der Waals surface area contributed by atoms with Crippen LogP contribution in [-0.2, 0) is 16.4 Å². The third-order valence-corrected chi connectivity index (χ3v) is 4.24. The summed E-state index contributed by atoms with van der Waals surface area (Å²) in [6.45, 7) is 1.82. The average molecular weight is 331 g/mol. The molecule has 2 rings (SSSR count). The Kier molecular flexibility index (Phi) is 4.14. The highest BCUT2D eigenvalue weighted by atomic mass is 35.5. The number of H-pyrrole nitrogens is 1. The van der Waals surface area contributed by atoms with Crippen molar-refractivity contribution in [2.24, 2.45) is 0 Å². The minimum absolute atomic E-state index is 0.0405. The number of nitrogens with zero attached hydrogens (tertiary/aromatic N) is 2. The smallest absolute Gasteiger partial charge is 0.289 e. The summed E-state index contributed by atoms with van der Waals surface area (Å²) in [5.41, 5.74) is -0.338. The van der Waals surface area contributed by atoms with E-state index in [-0.39, 0.29) is 21.4 Å². The number of nitro groups is 1. The van der Waals surface area contributed by atoms with Gasteiger partial charge in [0.25, 0.3) is 15.7 Å². The maximum Gasteiger partial charge on any atom is 0.289 e. The molecule has 1 aromatic carbocycles. The lowest BCUT2D eigenvalue weighted by Gasteiger charge is -2.06. The number of hydrogen-bond acceptors (Lipinski definition) is 5. The molecule has 0 aliphatic heterocycles. The largest absolute Gasteiger partial charge is 0.332 e. The number of sulfonamides is 1. The van der Waals surface area contributed by atoms with E-state index in [0.717, 1.165) is 6.07 Å². The Hall–Kier alpha value is -2.13. The number of imidazole rings is 1. The van der Waals surface area contributed by atoms with Crippen molar-refractivity contribution in [2.45, 2.75) is 18.4 Å². The van der Waals surface area contributed by atoms with Crippen molar-refractivity contribution in [3.05, 3.63) is 45.4 Å². The lowest BCUT2D eigenvalue weighted by molar-refractivity contribution is -0.384. The molecule has 21 heavy (non-hydrogen) atoms. The topological polar surface area (TPSA) is 118 Å². The van der Waals surface area contributed by atoms with Gasteiger partial charge in [-0.05, 0) is 12.1 Å². The zero-order valence-electron chi connectivity index (χ0n) is 10.8. The van der Waals surface area contributed by atoms with Crippen LogP contribution in [0, 0.1) is 10.1 Å². The molecule has 1 heterocycles. The van der Waals surface area contributed by atoms with E-state index in [1.54, 1.807) is 0 Å². The van der Waals surface area contributed by atoms with Crippen LogP contribution < -0.4 is 4.72 Å². The van der Waals surface area contributed by atoms with Gasteiger partial charge in [0.1, 0.15) is 10.8 Å². The number of hydrogen-bond donors (Lipinski definition) is 2. The van der Waals surface area contributed by atoms with Gasteiger partial charge in [-0.2, -0.15) is 8.42 Å². The molecular formula is C11H11ClN4O4S. The number of halogens is 1. The molecule has 1 aromatic heterocycles. The van der Waals surface area contributed by atoms with Crippen LogP contribution in [0.4, 0.5) is 11.4 Å². The Morgan fingerprint density at radius 1 is 1.48 bits per heavy atom. The van der Waals surface area contributed by atoms with Crippen LogP contribution >= 0.6 is 11.6 Å². The Labute approximate surface area is 125 Å². The van der Waals surface area contributed by atoms with Crippen molar-refractivity contribution < 1.29 is 13.3 Å². The number of rotatable bonds is 5. The molecule has 0 aliphatic carbocycles. The van der Waals surface area contributed by atoms with Gasteiger partial charge in [-0.25, -0.2) is 4.98 Å². The lowest BCUT2D eigenvalue weighted by atomic mass is 10.3. The maximum atomic E-state index is 12.1. The molecular weight excluding hydrogens is 320 g/mol. The second-order valence-electron chi connectivity index (χ2n) is 4.08. The number of benzene rings is 1. The highest BCUT2D eigenvalue weighted by Gasteiger charge is 2.19. The van der Waals surface area contributed by atoms with Crippen LogP contribution in [0.25, 0.3) is 0 Å². The van der Waals surface area contributed by atoms with Gasteiger partial charge in [0.15, 0.2) is 5.03 Å². The monoisotopic (exact) mass is 330 g/mol. The third-order valence-electron chi connectivity index (χ3n) is 2.62. The van der Waals surface area contributed by atoms with Crippen LogP contribution in [0.5, 0.6) is 0 Å². The first-order valence-corrected chi connectivity index (χ1v) is 7.70. The average Bonchev–Trinajstić information content (AvgIpc) is 2.90. The summed E-state index contributed by atoms with van der Waals surface area (Å²) in [5, 5.41) is 10.6. The van der Waals surface area contributed by atoms with Crippen molar-refractivity contribution in [3.63, 3.8) is 0 Å². The minimum Gasteiger partial charge on any atom is -0.332 e. The molecule has 0 atom stereocenters. The first-order valence-electron chi connectivity index (χ1n) is 5.84. The molecule has 0 fully saturated rings. The third kappa shape index (κ3) is 3.31. The highest BCUT2D eigenvalue weighted by Crippen LogP contribution is 2.28. The molecule has 0 bridgehead atoms. The maximum absolute atomic E-state index is 12.1. The van der Waals surface area contributed by atoms with E-state index in [4.69, 9.17) is 11.6 Å². The van der Waals surface area contributed by atoms with Crippen molar-refractivity contribution >= 4 is 33.0 Å². The van der Waals surface area contributed by atoms with Gasteiger partial charge in [-0.1, -0.05) is 18.5 Å². The molecule has 8 nitrogen and oxygen atoms in total. The number of anilines is 1. The van der Waals surface area contributed by atoms with Crippen LogP contribution in [0.3, 0.4) is 0 Å². The zero-order valence-corrected chi connectivity index (χ0v) is 12.4. The summed E-state index contributed by atoms with van der Waals surface area (Å²) in [5.74, 6) is 0.525. The summed E-state index contributed by atoms with van der Waals surface area (Å²) in [6.07, 6.45) is 1.74. The number of nitro benzene ring substituents is 1. The van der Waals surface area contributed by atoms with E-state index >= 15 is 0 Å². The van der Waals surface area contributed by atoms with E-state index in [1.165, 1.54) is 18.3 Å². The van der Waals surface area contributed by atoms with Crippen molar-refractivity contribution in [2.75, 3.05) is 4.72 Å². The molecule has 0 spiro atoms. The summed E-state index contributed by atoms with van der Waals surface area (Å²) in [6, 6.07) is 3.64. The number of aromatic amines is 1. The van der Waals surface area contributed by atoms with Crippen LogP contribution in [0.15, 0.2) is 29.4 Å². The minimum atomic E-state index is -3.89. The molecule has 2 N–H and O–H groups in total. The standard InChI is InChI=1S/C11H11ClN4O4S/c1-2-10-13-6-11(14-10)21(19,20)15-7-3-4-8(12)9(5-7)16(17)18/h3-6,15H,2H2,1H3,(H,13,14). The number of aromatic nitrogens is 2. The van der Waals surface area contributed by atoms with Crippen LogP contribution in [-0.4, -0.2) is 23.3 Å². The van der Waals surface area contributed by atoms with E-state index in [9.17, 15) is 18.5 Å². The van der Waals surface area contributed by atoms with Gasteiger partial charge in [0.05, 0.1) is 16.8 Å². The quantitative estimate of drug-likeness (QED) is 0.644. The molecule has 2 aromatic rings. The SMILES string of the molecule is CCc1ncc(S(=O)(=O)Nc2ccc(Cl)c([N+](=O)[O-])c2)[nH]1. The summed E-state index contributed by atoms with van der Waals surface area (Å²) in [7, 11) is -3.89. The molecule has 112 valence electrons. The van der Waals surface area contributed by atoms with E-state index in [1.807, 2.05) is 6.92 Å². The van der Waals surface area contributed by atoms with Crippen molar-refractivity contribution in [1.82, 2.24) is 9.97 Å². The Bertz CT molecular complexity index is 787. The Balaban J connectivity index is 2.32. The second kappa shape index (κ2) is 5.70. The fourth-order valence-electron chi connectivity index (χ4n) is 1.59. The fourth-order valence-corrected chi connectivity index (χ4v) is 2.76. The molecule has 0 aliphatic rings. The predicted octanol–water partition coefficient (Wildman–Crippen LogP) is 2.33. The highest BCUT2D eigenvalue weighted by molar-refractivity contribution is 7.92. The molecule has 0 saturated heterocycles. The summed E-state index contributed by atoms with van der Waals surface area (Å²) >= 11 is 5.67. The van der Waals surface area contributed by atoms with E-state index in [2.05, 4.69) is 14.7 Å². The summed E-state index contributed by atoms with van der Waals surface area (Å²) < 4.78 is 26.5. The van der Waals surface area contributed by atoms with Gasteiger partial charge < -0.3 is 4.98 Å². The molecule has 10 heteroatoms. The zero-order chi connectivity index (χ0) is 15.6. The van der Waals surface area contributed by atoms with Crippen LogP contribution in [0.2, 0.25) is 5.02 Å². The van der Waals surface area contributed by atoms with E-state index in [0.29, 0.717) is 12.2 Å². The Morgan fingerprint density at radius 2 is 2.19 bits per heavy atom. The molecule has 0 radical (unpaired) electrons. The van der Waals surface area contributed by atoms with E-state index < -0.39 is 14.9 Å². The van der Waals surface area contributed by atoms with Crippen LogP contribution in [0.1, 0.15) is 12.7 Å². The van der Waals surface area contributed by atoms with Crippen molar-refractivity contribution in [1.29, 1.82) is 0 Å². The Morgan fingerprint density at radius 3 is 2.76 bits per heavy atom. The van der Waals surface area contributed by atoms with Gasteiger partial charge >= 0.3 is 0 Å². The molecule has 0 unspecified atom stereocenters. The van der Waals surface area contributed by atoms with Gasteiger partial charge in [0, 0.05) is 12.5 Å². The first-order chi connectivity index (χ1) is 9.83. The predicted molar refractivity (Wildman–Crippen MR) is 76.9 cm³/mol. The number of aryl methyl sites for hydroxylation is 1. The fraction of sp³-hybridized carbons (Fsp3) is 0.182.